The third-order valence-corrected chi connectivity index (χ3v) is 3.92. The molecular weight excluding hydrogens is 244 g/mol. The zero-order valence-electron chi connectivity index (χ0n) is 8.65. The fourth-order valence-electron chi connectivity index (χ4n) is 1.66. The fraction of sp³-hybridized carbons (Fsp3) is 0.455. The van der Waals surface area contributed by atoms with Gasteiger partial charge in [0.25, 0.3) is 0 Å². The molecule has 0 aromatic carbocycles. The molecule has 2 aromatic heterocycles. The van der Waals surface area contributed by atoms with Crippen molar-refractivity contribution in [3.05, 3.63) is 22.4 Å². The van der Waals surface area contributed by atoms with Crippen molar-refractivity contribution < 1.29 is 4.74 Å². The minimum Gasteiger partial charge on any atom is -0.370 e. The van der Waals surface area contributed by atoms with E-state index in [1.54, 1.807) is 11.3 Å². The molecule has 0 N–H and O–H groups in total. The monoisotopic (exact) mass is 254 g/mol. The molecule has 0 amide bonds. The number of rotatable bonds is 3. The fourth-order valence-corrected chi connectivity index (χ4v) is 2.74. The molecular formula is C11H11ClN2OS. The number of halogens is 1. The van der Waals surface area contributed by atoms with Crippen molar-refractivity contribution in [1.29, 1.82) is 0 Å². The first-order valence-corrected chi connectivity index (χ1v) is 6.60. The van der Waals surface area contributed by atoms with Crippen LogP contribution in [0.3, 0.4) is 0 Å². The van der Waals surface area contributed by atoms with Crippen LogP contribution in [0, 0.1) is 0 Å². The average Bonchev–Trinajstić information content (AvgIpc) is 2.63. The summed E-state index contributed by atoms with van der Waals surface area (Å²) in [6.07, 6.45) is 4.00. The smallest absolute Gasteiger partial charge is 0.157 e. The standard InChI is InChI=1S/C11H11ClN2OS/c12-10-8-4-5-16-11(8)14-9(13-10)6-15-7-2-1-3-7/h4-5,7H,1-3,6H2. The van der Waals surface area contributed by atoms with Crippen LogP contribution in [0.2, 0.25) is 5.15 Å². The minimum absolute atomic E-state index is 0.404. The third-order valence-electron chi connectivity index (χ3n) is 2.83. The zero-order chi connectivity index (χ0) is 11.0. The van der Waals surface area contributed by atoms with Gasteiger partial charge in [-0.05, 0) is 30.7 Å². The maximum Gasteiger partial charge on any atom is 0.157 e. The number of hydrogen-bond donors (Lipinski definition) is 0. The Bertz CT molecular complexity index is 510. The predicted molar refractivity (Wildman–Crippen MR) is 64.9 cm³/mol. The Hall–Kier alpha value is -0.710. The Morgan fingerprint density at radius 1 is 1.44 bits per heavy atom. The maximum absolute atomic E-state index is 6.07. The average molecular weight is 255 g/mol. The lowest BCUT2D eigenvalue weighted by Crippen LogP contribution is -2.21. The Balaban J connectivity index is 1.80. The van der Waals surface area contributed by atoms with Gasteiger partial charge in [0.05, 0.1) is 6.10 Å². The van der Waals surface area contributed by atoms with Gasteiger partial charge in [0.2, 0.25) is 0 Å². The van der Waals surface area contributed by atoms with Gasteiger partial charge in [0.1, 0.15) is 16.6 Å². The van der Waals surface area contributed by atoms with Crippen molar-refractivity contribution in [2.45, 2.75) is 32.0 Å². The molecule has 3 rings (SSSR count). The number of nitrogens with zero attached hydrogens (tertiary/aromatic N) is 2. The van der Waals surface area contributed by atoms with Crippen LogP contribution in [0.15, 0.2) is 11.4 Å². The second-order valence-corrected chi connectivity index (χ2v) is 5.19. The van der Waals surface area contributed by atoms with E-state index in [1.807, 2.05) is 11.4 Å². The van der Waals surface area contributed by atoms with E-state index in [9.17, 15) is 0 Å². The molecule has 0 atom stereocenters. The van der Waals surface area contributed by atoms with Gasteiger partial charge in [-0.1, -0.05) is 11.6 Å². The Morgan fingerprint density at radius 3 is 3.06 bits per heavy atom. The van der Waals surface area contributed by atoms with E-state index >= 15 is 0 Å². The first-order valence-electron chi connectivity index (χ1n) is 5.34. The highest BCUT2D eigenvalue weighted by molar-refractivity contribution is 7.16. The quantitative estimate of drug-likeness (QED) is 0.788. The van der Waals surface area contributed by atoms with Gasteiger partial charge in [-0.3, -0.25) is 0 Å². The molecule has 0 radical (unpaired) electrons. The van der Waals surface area contributed by atoms with Crippen LogP contribution < -0.4 is 0 Å². The van der Waals surface area contributed by atoms with Crippen molar-refractivity contribution >= 4 is 33.2 Å². The van der Waals surface area contributed by atoms with Gasteiger partial charge in [-0.15, -0.1) is 11.3 Å². The lowest BCUT2D eigenvalue weighted by molar-refractivity contribution is -0.0115. The summed E-state index contributed by atoms with van der Waals surface area (Å²) >= 11 is 7.65. The molecule has 0 bridgehead atoms. The number of fused-ring (bicyclic) bond motifs is 1. The van der Waals surface area contributed by atoms with Crippen LogP contribution in [0.4, 0.5) is 0 Å². The molecule has 5 heteroatoms. The third kappa shape index (κ3) is 1.93. The summed E-state index contributed by atoms with van der Waals surface area (Å²) < 4.78 is 5.67. The van der Waals surface area contributed by atoms with Crippen LogP contribution in [-0.4, -0.2) is 16.1 Å². The van der Waals surface area contributed by atoms with Gasteiger partial charge in [-0.2, -0.15) is 0 Å². The van der Waals surface area contributed by atoms with Gasteiger partial charge >= 0.3 is 0 Å². The van der Waals surface area contributed by atoms with Crippen LogP contribution in [-0.2, 0) is 11.3 Å². The molecule has 16 heavy (non-hydrogen) atoms. The number of thiophene rings is 1. The van der Waals surface area contributed by atoms with Crippen LogP contribution in [0.5, 0.6) is 0 Å². The summed E-state index contributed by atoms with van der Waals surface area (Å²) in [4.78, 5) is 9.60. The van der Waals surface area contributed by atoms with Gasteiger partial charge < -0.3 is 4.74 Å². The lowest BCUT2D eigenvalue weighted by atomic mass is 9.96. The van der Waals surface area contributed by atoms with E-state index in [1.165, 1.54) is 6.42 Å². The largest absolute Gasteiger partial charge is 0.370 e. The molecule has 84 valence electrons. The molecule has 0 spiro atoms. The van der Waals surface area contributed by atoms with Crippen molar-refractivity contribution in [1.82, 2.24) is 9.97 Å². The summed E-state index contributed by atoms with van der Waals surface area (Å²) in [6.45, 7) is 0.470. The zero-order valence-corrected chi connectivity index (χ0v) is 10.2. The first kappa shape index (κ1) is 10.4. The lowest BCUT2D eigenvalue weighted by Gasteiger charge is -2.24. The summed E-state index contributed by atoms with van der Waals surface area (Å²) in [5.74, 6) is 0.687. The highest BCUT2D eigenvalue weighted by Gasteiger charge is 2.18. The van der Waals surface area contributed by atoms with E-state index in [2.05, 4.69) is 9.97 Å². The van der Waals surface area contributed by atoms with E-state index in [-0.39, 0.29) is 0 Å². The van der Waals surface area contributed by atoms with Gasteiger partial charge in [0, 0.05) is 5.39 Å². The summed E-state index contributed by atoms with van der Waals surface area (Å²) in [5.41, 5.74) is 0. The van der Waals surface area contributed by atoms with Crippen molar-refractivity contribution in [3.63, 3.8) is 0 Å². The minimum atomic E-state index is 0.404. The normalized spacial score (nSPS) is 16.6. The summed E-state index contributed by atoms with van der Waals surface area (Å²) in [5, 5.41) is 3.43. The van der Waals surface area contributed by atoms with Crippen molar-refractivity contribution in [2.75, 3.05) is 0 Å². The van der Waals surface area contributed by atoms with E-state index in [4.69, 9.17) is 16.3 Å². The molecule has 1 aliphatic carbocycles. The van der Waals surface area contributed by atoms with Crippen molar-refractivity contribution in [2.24, 2.45) is 0 Å². The highest BCUT2D eigenvalue weighted by Crippen LogP contribution is 2.26. The van der Waals surface area contributed by atoms with E-state index in [0.29, 0.717) is 23.7 Å². The van der Waals surface area contributed by atoms with Crippen LogP contribution in [0.1, 0.15) is 25.1 Å². The summed E-state index contributed by atoms with van der Waals surface area (Å²) in [7, 11) is 0. The second kappa shape index (κ2) is 4.28. The molecule has 1 aliphatic rings. The van der Waals surface area contributed by atoms with Gasteiger partial charge in [-0.25, -0.2) is 9.97 Å². The molecule has 1 fully saturated rings. The van der Waals surface area contributed by atoms with Crippen LogP contribution >= 0.6 is 22.9 Å². The number of ether oxygens (including phenoxy) is 1. The van der Waals surface area contributed by atoms with Gasteiger partial charge in [0.15, 0.2) is 5.82 Å². The Morgan fingerprint density at radius 2 is 2.31 bits per heavy atom. The highest BCUT2D eigenvalue weighted by atomic mass is 35.5. The van der Waals surface area contributed by atoms with Crippen LogP contribution in [0.25, 0.3) is 10.2 Å². The number of aromatic nitrogens is 2. The topological polar surface area (TPSA) is 35.0 Å². The molecule has 2 heterocycles. The molecule has 0 saturated heterocycles. The molecule has 2 aromatic rings. The Labute approximate surface area is 102 Å². The summed E-state index contributed by atoms with van der Waals surface area (Å²) in [6, 6.07) is 1.94. The molecule has 0 unspecified atom stereocenters. The Kier molecular flexibility index (Phi) is 2.79. The maximum atomic E-state index is 6.07. The van der Waals surface area contributed by atoms with E-state index in [0.717, 1.165) is 23.1 Å². The van der Waals surface area contributed by atoms with Crippen molar-refractivity contribution in [3.8, 4) is 0 Å². The molecule has 3 nitrogen and oxygen atoms in total. The predicted octanol–water partition coefficient (Wildman–Crippen LogP) is 3.41. The van der Waals surface area contributed by atoms with E-state index < -0.39 is 0 Å². The second-order valence-electron chi connectivity index (χ2n) is 3.93. The molecule has 0 aliphatic heterocycles. The number of hydrogen-bond acceptors (Lipinski definition) is 4. The SMILES string of the molecule is Clc1nc(COC2CCC2)nc2sccc12. The molecule has 1 saturated carbocycles. The first-order chi connectivity index (χ1) is 7.83.